The molecule has 0 radical (unpaired) electrons. The lowest BCUT2D eigenvalue weighted by molar-refractivity contribution is -0.137. The van der Waals surface area contributed by atoms with Gasteiger partial charge in [-0.15, -0.1) is 0 Å². The number of rotatable bonds is 6. The molecule has 182 valence electrons. The molecule has 2 aromatic heterocycles. The number of carbonyl (C=O) groups is 1. The fraction of sp³-hybridized carbons (Fsp3) is 0.240. The van der Waals surface area contributed by atoms with Crippen LogP contribution in [0.3, 0.4) is 0 Å². The van der Waals surface area contributed by atoms with Crippen molar-refractivity contribution >= 4 is 17.0 Å². The summed E-state index contributed by atoms with van der Waals surface area (Å²) in [4.78, 5) is 19.2. The number of para-hydroxylation sites is 1. The van der Waals surface area contributed by atoms with Crippen molar-refractivity contribution in [2.24, 2.45) is 0 Å². The molecule has 0 bridgehead atoms. The van der Waals surface area contributed by atoms with E-state index < -0.39 is 17.6 Å². The van der Waals surface area contributed by atoms with E-state index >= 15 is 0 Å². The van der Waals surface area contributed by atoms with Crippen LogP contribution in [0.4, 0.5) is 13.2 Å². The van der Waals surface area contributed by atoms with E-state index in [1.165, 1.54) is 43.4 Å². The first-order chi connectivity index (χ1) is 16.7. The number of alkyl halides is 3. The zero-order valence-corrected chi connectivity index (χ0v) is 19.4. The smallest absolute Gasteiger partial charge is 0.417 e. The van der Waals surface area contributed by atoms with Gasteiger partial charge in [-0.25, -0.2) is 4.98 Å². The predicted molar refractivity (Wildman–Crippen MR) is 122 cm³/mol. The van der Waals surface area contributed by atoms with Gasteiger partial charge in [-0.2, -0.15) is 13.2 Å². The Labute approximate surface area is 199 Å². The maximum atomic E-state index is 13.7. The van der Waals surface area contributed by atoms with Crippen LogP contribution < -0.4 is 9.47 Å². The second kappa shape index (κ2) is 9.28. The minimum Gasteiger partial charge on any atom is -0.493 e. The van der Waals surface area contributed by atoms with Gasteiger partial charge in [0.15, 0.2) is 11.5 Å². The molecule has 0 saturated heterocycles. The van der Waals surface area contributed by atoms with Gasteiger partial charge in [0.05, 0.1) is 42.1 Å². The Morgan fingerprint density at radius 1 is 1.09 bits per heavy atom. The van der Waals surface area contributed by atoms with Crippen molar-refractivity contribution in [3.8, 4) is 22.8 Å². The van der Waals surface area contributed by atoms with Gasteiger partial charge in [0.25, 0.3) is 11.6 Å². The Bertz CT molecular complexity index is 1400. The third kappa shape index (κ3) is 4.51. The highest BCUT2D eigenvalue weighted by molar-refractivity contribution is 6.07. The van der Waals surface area contributed by atoms with Gasteiger partial charge < -0.3 is 18.9 Å². The van der Waals surface area contributed by atoms with E-state index in [9.17, 15) is 18.0 Å². The highest BCUT2D eigenvalue weighted by atomic mass is 19.4. The maximum Gasteiger partial charge on any atom is 0.417 e. The van der Waals surface area contributed by atoms with Gasteiger partial charge in [0.1, 0.15) is 0 Å². The molecule has 0 aliphatic heterocycles. The van der Waals surface area contributed by atoms with Gasteiger partial charge in [-0.1, -0.05) is 35.5 Å². The molecule has 0 saturated carbocycles. The van der Waals surface area contributed by atoms with Crippen LogP contribution in [0.1, 0.15) is 27.2 Å². The van der Waals surface area contributed by atoms with Gasteiger partial charge in [-0.3, -0.25) is 4.79 Å². The number of aryl methyl sites for hydroxylation is 1. The molecular weight excluding hydrogens is 463 g/mol. The highest BCUT2D eigenvalue weighted by Crippen LogP contribution is 2.38. The van der Waals surface area contributed by atoms with Crippen molar-refractivity contribution in [3.63, 3.8) is 0 Å². The second-order valence-electron chi connectivity index (χ2n) is 7.86. The van der Waals surface area contributed by atoms with Crippen LogP contribution in [0.15, 0.2) is 53.1 Å². The highest BCUT2D eigenvalue weighted by Gasteiger charge is 2.34. The summed E-state index contributed by atoms with van der Waals surface area (Å²) >= 11 is 0. The molecule has 0 spiro atoms. The number of nitrogens with zero attached hydrogens (tertiary/aromatic N) is 3. The number of carbonyl (C=O) groups excluding carboxylic acids is 1. The molecule has 0 N–H and O–H groups in total. The SMILES string of the molecule is COc1cccc(CN(C)C(=O)c2cc(-c3ccccc3C(F)(F)F)nc3onc(C)c23)c1OC. The fourth-order valence-corrected chi connectivity index (χ4v) is 3.97. The van der Waals surface area contributed by atoms with Gasteiger partial charge >= 0.3 is 6.18 Å². The molecule has 0 fully saturated rings. The molecule has 7 nitrogen and oxygen atoms in total. The molecule has 2 aromatic carbocycles. The summed E-state index contributed by atoms with van der Waals surface area (Å²) in [6.45, 7) is 1.79. The molecule has 2 heterocycles. The summed E-state index contributed by atoms with van der Waals surface area (Å²) in [5.41, 5.74) is 0.129. The Kier molecular flexibility index (Phi) is 6.38. The lowest BCUT2D eigenvalue weighted by atomic mass is 10.00. The van der Waals surface area contributed by atoms with E-state index in [-0.39, 0.29) is 29.1 Å². The van der Waals surface area contributed by atoms with Crippen molar-refractivity contribution in [1.82, 2.24) is 15.0 Å². The number of benzene rings is 2. The molecular formula is C25H22F3N3O4. The van der Waals surface area contributed by atoms with Crippen LogP contribution in [0, 0.1) is 6.92 Å². The summed E-state index contributed by atoms with van der Waals surface area (Å²) in [5.74, 6) is 0.549. The number of halogens is 3. The number of aromatic nitrogens is 2. The largest absolute Gasteiger partial charge is 0.493 e. The van der Waals surface area contributed by atoms with Crippen LogP contribution in [0.2, 0.25) is 0 Å². The summed E-state index contributed by atoms with van der Waals surface area (Å²) in [5, 5.41) is 4.21. The predicted octanol–water partition coefficient (Wildman–Crippen LogP) is 5.51. The summed E-state index contributed by atoms with van der Waals surface area (Å²) in [6.07, 6.45) is -4.60. The topological polar surface area (TPSA) is 77.7 Å². The molecule has 0 unspecified atom stereocenters. The van der Waals surface area contributed by atoms with E-state index in [0.717, 1.165) is 6.07 Å². The van der Waals surface area contributed by atoms with E-state index in [1.54, 1.807) is 32.2 Å². The molecule has 0 atom stereocenters. The average molecular weight is 485 g/mol. The normalized spacial score (nSPS) is 11.5. The van der Waals surface area contributed by atoms with E-state index in [4.69, 9.17) is 14.0 Å². The average Bonchev–Trinajstić information content (AvgIpc) is 3.22. The summed E-state index contributed by atoms with van der Waals surface area (Å²) in [7, 11) is 4.60. The molecule has 4 aromatic rings. The van der Waals surface area contributed by atoms with Crippen molar-refractivity contribution < 1.29 is 32.0 Å². The Morgan fingerprint density at radius 2 is 1.83 bits per heavy atom. The first-order valence-electron chi connectivity index (χ1n) is 10.5. The Hall–Kier alpha value is -4.08. The minimum atomic E-state index is -4.60. The van der Waals surface area contributed by atoms with Crippen LogP contribution in [-0.4, -0.2) is 42.2 Å². The van der Waals surface area contributed by atoms with Crippen molar-refractivity contribution in [2.75, 3.05) is 21.3 Å². The summed E-state index contributed by atoms with van der Waals surface area (Å²) < 4.78 is 57.0. The quantitative estimate of drug-likeness (QED) is 0.359. The minimum absolute atomic E-state index is 0.0207. The third-order valence-corrected chi connectivity index (χ3v) is 5.59. The Balaban J connectivity index is 1.80. The van der Waals surface area contributed by atoms with Crippen molar-refractivity contribution in [1.29, 1.82) is 0 Å². The molecule has 0 aliphatic carbocycles. The van der Waals surface area contributed by atoms with Gasteiger partial charge in [-0.05, 0) is 25.1 Å². The molecule has 4 rings (SSSR count). The number of amides is 1. The van der Waals surface area contributed by atoms with Crippen LogP contribution in [0.25, 0.3) is 22.4 Å². The molecule has 1 amide bonds. The lowest BCUT2D eigenvalue weighted by Crippen LogP contribution is -2.27. The first-order valence-corrected chi connectivity index (χ1v) is 10.5. The maximum absolute atomic E-state index is 13.7. The van der Waals surface area contributed by atoms with E-state index in [2.05, 4.69) is 10.1 Å². The monoisotopic (exact) mass is 485 g/mol. The second-order valence-corrected chi connectivity index (χ2v) is 7.86. The Morgan fingerprint density at radius 3 is 2.51 bits per heavy atom. The fourth-order valence-electron chi connectivity index (χ4n) is 3.97. The zero-order chi connectivity index (χ0) is 25.3. The zero-order valence-electron chi connectivity index (χ0n) is 19.4. The number of ether oxygens (including phenoxy) is 2. The first kappa shape index (κ1) is 24.1. The lowest BCUT2D eigenvalue weighted by Gasteiger charge is -2.21. The third-order valence-electron chi connectivity index (χ3n) is 5.59. The van der Waals surface area contributed by atoms with E-state index in [1.807, 2.05) is 0 Å². The number of hydrogen-bond donors (Lipinski definition) is 0. The van der Waals surface area contributed by atoms with Crippen LogP contribution in [-0.2, 0) is 12.7 Å². The van der Waals surface area contributed by atoms with Crippen molar-refractivity contribution in [2.45, 2.75) is 19.6 Å². The standard InChI is InChI=1S/C25H22F3N3O4/c1-14-21-17(24(32)31(2)13-15-8-7-11-20(33-3)22(15)34-4)12-19(29-23(21)35-30-14)16-9-5-6-10-18(16)25(26,27)28/h5-12H,13H2,1-4H3. The molecule has 35 heavy (non-hydrogen) atoms. The van der Waals surface area contributed by atoms with Gasteiger partial charge in [0.2, 0.25) is 0 Å². The number of hydrogen-bond acceptors (Lipinski definition) is 6. The molecule has 0 aliphatic rings. The number of pyridine rings is 1. The van der Waals surface area contributed by atoms with Crippen LogP contribution in [0.5, 0.6) is 11.5 Å². The van der Waals surface area contributed by atoms with E-state index in [0.29, 0.717) is 28.1 Å². The number of fused-ring (bicyclic) bond motifs is 1. The van der Waals surface area contributed by atoms with Crippen molar-refractivity contribution in [3.05, 3.63) is 70.9 Å². The summed E-state index contributed by atoms with van der Waals surface area (Å²) in [6, 6.07) is 11.7. The molecule has 10 heteroatoms. The van der Waals surface area contributed by atoms with Gasteiger partial charge in [0, 0.05) is 24.7 Å². The number of methoxy groups -OCH3 is 2. The van der Waals surface area contributed by atoms with Crippen LogP contribution >= 0.6 is 0 Å².